The van der Waals surface area contributed by atoms with Crippen LogP contribution < -0.4 is 19.8 Å². The van der Waals surface area contributed by atoms with Crippen molar-refractivity contribution in [2.45, 2.75) is 13.0 Å². The van der Waals surface area contributed by atoms with Crippen LogP contribution >= 0.6 is 11.6 Å². The Hall–Kier alpha value is -3.48. The van der Waals surface area contributed by atoms with E-state index < -0.39 is 5.63 Å². The summed E-state index contributed by atoms with van der Waals surface area (Å²) in [6.45, 7) is 1.92. The summed E-state index contributed by atoms with van der Waals surface area (Å²) >= 11 is 5.99. The summed E-state index contributed by atoms with van der Waals surface area (Å²) in [5.41, 5.74) is 3.23. The first kappa shape index (κ1) is 22.3. The summed E-state index contributed by atoms with van der Waals surface area (Å²) in [6, 6.07) is 18.9. The smallest absolute Gasteiger partial charge is 0.344 e. The van der Waals surface area contributed by atoms with Crippen LogP contribution in [0.15, 0.2) is 69.9 Å². The Labute approximate surface area is 202 Å². The average Bonchev–Trinajstić information content (AvgIpc) is 2.87. The first-order valence-corrected chi connectivity index (χ1v) is 11.4. The number of hydrogen-bond acceptors (Lipinski definition) is 6. The predicted molar refractivity (Wildman–Crippen MR) is 132 cm³/mol. The molecule has 1 aliphatic rings. The largest absolute Gasteiger partial charge is 0.497 e. The number of fused-ring (bicyclic) bond motifs is 3. The first-order chi connectivity index (χ1) is 16.6. The van der Waals surface area contributed by atoms with Crippen LogP contribution in [0.1, 0.15) is 11.1 Å². The van der Waals surface area contributed by atoms with Gasteiger partial charge in [0.05, 0.1) is 25.3 Å². The van der Waals surface area contributed by atoms with Crippen LogP contribution in [0.25, 0.3) is 22.1 Å². The Kier molecular flexibility index (Phi) is 6.18. The third-order valence-electron chi connectivity index (χ3n) is 6.07. The van der Waals surface area contributed by atoms with Crippen LogP contribution in [-0.4, -0.2) is 32.4 Å². The Morgan fingerprint density at radius 2 is 1.79 bits per heavy atom. The maximum absolute atomic E-state index is 13.1. The van der Waals surface area contributed by atoms with E-state index in [0.717, 1.165) is 34.7 Å². The highest BCUT2D eigenvalue weighted by atomic mass is 35.5. The average molecular weight is 478 g/mol. The Morgan fingerprint density at radius 3 is 2.56 bits per heavy atom. The van der Waals surface area contributed by atoms with Crippen molar-refractivity contribution in [3.63, 3.8) is 0 Å². The molecule has 6 nitrogen and oxygen atoms in total. The molecular weight excluding hydrogens is 454 g/mol. The van der Waals surface area contributed by atoms with Crippen molar-refractivity contribution in [2.75, 3.05) is 27.5 Å². The summed E-state index contributed by atoms with van der Waals surface area (Å²) in [5, 5.41) is 1.55. The highest BCUT2D eigenvalue weighted by Crippen LogP contribution is 2.36. The second kappa shape index (κ2) is 9.41. The minimum Gasteiger partial charge on any atom is -0.497 e. The lowest BCUT2D eigenvalue weighted by molar-refractivity contribution is 0.0968. The molecule has 34 heavy (non-hydrogen) atoms. The van der Waals surface area contributed by atoms with Crippen molar-refractivity contribution in [1.29, 1.82) is 0 Å². The maximum atomic E-state index is 13.1. The van der Waals surface area contributed by atoms with Crippen LogP contribution in [0.2, 0.25) is 5.02 Å². The molecule has 0 saturated carbocycles. The number of rotatable bonds is 6. The zero-order valence-electron chi connectivity index (χ0n) is 19.0. The fourth-order valence-corrected chi connectivity index (χ4v) is 4.36. The molecule has 0 fully saturated rings. The van der Waals surface area contributed by atoms with Crippen LogP contribution in [0.4, 0.5) is 0 Å². The lowest BCUT2D eigenvalue weighted by Gasteiger charge is -2.29. The lowest BCUT2D eigenvalue weighted by Crippen LogP contribution is -2.33. The van der Waals surface area contributed by atoms with Gasteiger partial charge in [0.15, 0.2) is 0 Å². The van der Waals surface area contributed by atoms with E-state index in [-0.39, 0.29) is 0 Å². The summed E-state index contributed by atoms with van der Waals surface area (Å²) in [7, 11) is 3.15. The second-order valence-electron chi connectivity index (χ2n) is 8.18. The van der Waals surface area contributed by atoms with Gasteiger partial charge < -0.3 is 18.6 Å². The highest BCUT2D eigenvalue weighted by molar-refractivity contribution is 6.30. The molecule has 5 rings (SSSR count). The number of methoxy groups -OCH3 is 2. The van der Waals surface area contributed by atoms with Crippen molar-refractivity contribution in [3.05, 3.63) is 87.2 Å². The molecule has 1 aromatic heterocycles. The van der Waals surface area contributed by atoms with Crippen molar-refractivity contribution >= 4 is 22.6 Å². The van der Waals surface area contributed by atoms with Crippen molar-refractivity contribution < 1.29 is 18.6 Å². The van der Waals surface area contributed by atoms with Gasteiger partial charge in [0.1, 0.15) is 29.6 Å². The minimum absolute atomic E-state index is 0.416. The predicted octanol–water partition coefficient (Wildman–Crippen LogP) is 5.53. The molecule has 4 aromatic rings. The maximum Gasteiger partial charge on any atom is 0.344 e. The number of nitrogens with zero attached hydrogens (tertiary/aromatic N) is 1. The van der Waals surface area contributed by atoms with Gasteiger partial charge in [-0.25, -0.2) is 4.79 Å². The van der Waals surface area contributed by atoms with Gasteiger partial charge in [-0.3, -0.25) is 4.90 Å². The van der Waals surface area contributed by atoms with Gasteiger partial charge in [0.2, 0.25) is 0 Å². The monoisotopic (exact) mass is 477 g/mol. The molecule has 1 aliphatic heterocycles. The third-order valence-corrected chi connectivity index (χ3v) is 6.33. The zero-order chi connectivity index (χ0) is 23.7. The molecule has 174 valence electrons. The first-order valence-electron chi connectivity index (χ1n) is 11.0. The fourth-order valence-electron chi connectivity index (χ4n) is 4.23. The standard InChI is InChI=1S/C27H24ClNO5/c1-31-20-8-10-24(32-2)21(14-20)22-13-18-5-9-25-23(26(18)34-27(22)30)15-29(16-33-25)12-11-17-3-6-19(28)7-4-17/h3-10,13-14H,11-12,15-16H2,1-2H3. The number of benzene rings is 3. The van der Waals surface area contributed by atoms with E-state index in [2.05, 4.69) is 4.90 Å². The van der Waals surface area contributed by atoms with Crippen LogP contribution in [0.3, 0.4) is 0 Å². The van der Waals surface area contributed by atoms with E-state index in [4.69, 9.17) is 30.2 Å². The highest BCUT2D eigenvalue weighted by Gasteiger charge is 2.23. The molecule has 0 aliphatic carbocycles. The Balaban J connectivity index is 1.47. The van der Waals surface area contributed by atoms with Crippen molar-refractivity contribution in [1.82, 2.24) is 4.90 Å². The zero-order valence-corrected chi connectivity index (χ0v) is 19.7. The van der Waals surface area contributed by atoms with Gasteiger partial charge in [0.25, 0.3) is 0 Å². The van der Waals surface area contributed by atoms with E-state index in [1.165, 1.54) is 5.56 Å². The molecule has 0 atom stereocenters. The van der Waals surface area contributed by atoms with Gasteiger partial charge in [-0.05, 0) is 60.5 Å². The topological polar surface area (TPSA) is 61.1 Å². The third kappa shape index (κ3) is 4.34. The number of halogens is 1. The van der Waals surface area contributed by atoms with E-state index in [1.54, 1.807) is 32.4 Å². The Morgan fingerprint density at radius 1 is 0.971 bits per heavy atom. The molecule has 3 aromatic carbocycles. The van der Waals surface area contributed by atoms with Gasteiger partial charge >= 0.3 is 5.63 Å². The van der Waals surface area contributed by atoms with Gasteiger partial charge in [0, 0.05) is 29.1 Å². The summed E-state index contributed by atoms with van der Waals surface area (Å²) in [5.74, 6) is 1.94. The number of hydrogen-bond donors (Lipinski definition) is 0. The molecule has 2 heterocycles. The van der Waals surface area contributed by atoms with E-state index in [0.29, 0.717) is 41.5 Å². The van der Waals surface area contributed by atoms with Crippen LogP contribution in [0.5, 0.6) is 17.2 Å². The van der Waals surface area contributed by atoms with Gasteiger partial charge in [-0.15, -0.1) is 0 Å². The molecule has 0 N–H and O–H groups in total. The van der Waals surface area contributed by atoms with E-state index in [1.807, 2.05) is 42.5 Å². The minimum atomic E-state index is -0.439. The van der Waals surface area contributed by atoms with Gasteiger partial charge in [-0.2, -0.15) is 0 Å². The van der Waals surface area contributed by atoms with Crippen LogP contribution in [-0.2, 0) is 13.0 Å². The summed E-state index contributed by atoms with van der Waals surface area (Å²) in [6.07, 6.45) is 0.865. The summed E-state index contributed by atoms with van der Waals surface area (Å²) in [4.78, 5) is 15.3. The molecule has 7 heteroatoms. The van der Waals surface area contributed by atoms with E-state index in [9.17, 15) is 4.79 Å². The molecule has 0 bridgehead atoms. The SMILES string of the molecule is COc1ccc(OC)c(-c2cc3ccc4c(c3oc2=O)CN(CCc2ccc(Cl)cc2)CO4)c1. The lowest BCUT2D eigenvalue weighted by atomic mass is 10.0. The molecule has 0 spiro atoms. The molecule has 0 radical (unpaired) electrons. The van der Waals surface area contributed by atoms with Crippen LogP contribution in [0, 0.1) is 0 Å². The molecule has 0 unspecified atom stereocenters. The second-order valence-corrected chi connectivity index (χ2v) is 8.61. The fraction of sp³-hybridized carbons (Fsp3) is 0.222. The van der Waals surface area contributed by atoms with Gasteiger partial charge in [-0.1, -0.05) is 23.7 Å². The van der Waals surface area contributed by atoms with Crippen molar-refractivity contribution in [3.8, 4) is 28.4 Å². The quantitative estimate of drug-likeness (QED) is 0.340. The molecular formula is C27H24ClNO5. The molecule has 0 amide bonds. The van der Waals surface area contributed by atoms with E-state index >= 15 is 0 Å². The molecule has 0 saturated heterocycles. The van der Waals surface area contributed by atoms with Crippen molar-refractivity contribution in [2.24, 2.45) is 0 Å². The normalized spacial score (nSPS) is 13.4. The number of ether oxygens (including phenoxy) is 3. The Bertz CT molecular complexity index is 1400. The summed E-state index contributed by atoms with van der Waals surface area (Å²) < 4.78 is 22.7.